The Morgan fingerprint density at radius 2 is 1.85 bits per heavy atom. The number of hydrogen-bond donors (Lipinski definition) is 0. The number of fused-ring (bicyclic) bond motifs is 1. The smallest absolute Gasteiger partial charge is 0.196 e. The molecule has 0 amide bonds. The molecule has 0 atom stereocenters. The van der Waals surface area contributed by atoms with Crippen molar-refractivity contribution < 1.29 is 19.1 Å². The van der Waals surface area contributed by atoms with E-state index in [2.05, 4.69) is 0 Å². The molecule has 3 rings (SSSR count). The van der Waals surface area contributed by atoms with E-state index < -0.39 is 0 Å². The second-order valence-corrected chi connectivity index (χ2v) is 5.05. The summed E-state index contributed by atoms with van der Waals surface area (Å²) in [6.07, 6.45) is 1.74. The van der Waals surface area contributed by atoms with Gasteiger partial charge in [-0.3, -0.25) is 9.59 Å². The van der Waals surface area contributed by atoms with Crippen molar-refractivity contribution >= 4 is 11.6 Å². The van der Waals surface area contributed by atoms with Crippen molar-refractivity contribution in [3.8, 4) is 5.75 Å². The molecule has 104 valence electrons. The molecule has 20 heavy (non-hydrogen) atoms. The van der Waals surface area contributed by atoms with E-state index in [4.69, 9.17) is 9.47 Å². The van der Waals surface area contributed by atoms with Gasteiger partial charge < -0.3 is 9.47 Å². The summed E-state index contributed by atoms with van der Waals surface area (Å²) in [5, 5.41) is 0. The van der Waals surface area contributed by atoms with Gasteiger partial charge in [0.2, 0.25) is 0 Å². The molecule has 4 heteroatoms. The maximum atomic E-state index is 12.6. The Kier molecular flexibility index (Phi) is 3.40. The number of allylic oxidation sites excluding steroid dienone is 1. The zero-order valence-electron chi connectivity index (χ0n) is 11.4. The van der Waals surface area contributed by atoms with Gasteiger partial charge in [0.15, 0.2) is 11.6 Å². The van der Waals surface area contributed by atoms with Crippen LogP contribution in [0.5, 0.6) is 5.75 Å². The van der Waals surface area contributed by atoms with Gasteiger partial charge in [0.25, 0.3) is 0 Å². The van der Waals surface area contributed by atoms with Crippen molar-refractivity contribution in [3.63, 3.8) is 0 Å². The minimum atomic E-state index is -0.144. The third-order valence-corrected chi connectivity index (χ3v) is 3.75. The molecule has 0 spiro atoms. The fourth-order valence-corrected chi connectivity index (χ4v) is 2.57. The second-order valence-electron chi connectivity index (χ2n) is 5.05. The lowest BCUT2D eigenvalue weighted by Crippen LogP contribution is -2.24. The van der Waals surface area contributed by atoms with E-state index in [1.54, 1.807) is 25.1 Å². The van der Waals surface area contributed by atoms with Gasteiger partial charge in [-0.2, -0.15) is 0 Å². The van der Waals surface area contributed by atoms with Crippen LogP contribution in [0.2, 0.25) is 0 Å². The molecule has 0 saturated heterocycles. The molecule has 0 saturated carbocycles. The number of carbonyl (C=O) groups is 2. The van der Waals surface area contributed by atoms with Crippen LogP contribution in [-0.4, -0.2) is 31.4 Å². The van der Waals surface area contributed by atoms with E-state index in [1.807, 2.05) is 0 Å². The minimum absolute atomic E-state index is 0.108. The fourth-order valence-electron chi connectivity index (χ4n) is 2.57. The Balaban J connectivity index is 2.16. The van der Waals surface area contributed by atoms with E-state index in [1.165, 1.54) is 0 Å². The number of benzene rings is 1. The van der Waals surface area contributed by atoms with Crippen molar-refractivity contribution in [1.82, 2.24) is 0 Å². The molecule has 0 fully saturated rings. The summed E-state index contributed by atoms with van der Waals surface area (Å²) < 4.78 is 11.2. The van der Waals surface area contributed by atoms with Gasteiger partial charge in [0.05, 0.1) is 18.8 Å². The molecular weight excluding hydrogens is 256 g/mol. The maximum Gasteiger partial charge on any atom is 0.196 e. The van der Waals surface area contributed by atoms with Crippen LogP contribution in [-0.2, 0) is 4.74 Å². The summed E-state index contributed by atoms with van der Waals surface area (Å²) >= 11 is 0. The van der Waals surface area contributed by atoms with Crippen LogP contribution in [0.25, 0.3) is 0 Å². The predicted molar refractivity (Wildman–Crippen MR) is 73.4 cm³/mol. The molecule has 1 heterocycles. The number of Topliss-reactive ketones (excluding diaryl/α,β-unsaturated/α-hetero) is 2. The molecule has 4 nitrogen and oxygen atoms in total. The lowest BCUT2D eigenvalue weighted by atomic mass is 9.84. The Bertz CT molecular complexity index is 613. The quantitative estimate of drug-likeness (QED) is 0.728. The van der Waals surface area contributed by atoms with E-state index >= 15 is 0 Å². The summed E-state index contributed by atoms with van der Waals surface area (Å²) in [7, 11) is 0. The first-order chi connectivity index (χ1) is 9.70. The van der Waals surface area contributed by atoms with Gasteiger partial charge in [0, 0.05) is 23.3 Å². The van der Waals surface area contributed by atoms with Crippen molar-refractivity contribution in [1.29, 1.82) is 0 Å². The number of ketones is 2. The largest absolute Gasteiger partial charge is 0.493 e. The summed E-state index contributed by atoms with van der Waals surface area (Å²) in [5.41, 5.74) is 1.77. The SMILES string of the molecule is CC1=C2COCCCCOc3cccc(c3C2=O)C1=O. The molecule has 0 unspecified atom stereocenters. The average molecular weight is 272 g/mol. The number of carbonyl (C=O) groups excluding carboxylic acids is 2. The topological polar surface area (TPSA) is 52.6 Å². The van der Waals surface area contributed by atoms with Gasteiger partial charge >= 0.3 is 0 Å². The van der Waals surface area contributed by atoms with E-state index in [0.29, 0.717) is 41.2 Å². The zero-order chi connectivity index (χ0) is 14.1. The standard InChI is InChI=1S/C16H16O4/c1-10-12-9-19-7-2-3-8-20-13-6-4-5-11(15(10)17)14(13)16(12)18/h4-6H,2-3,7-9H2,1H3. The maximum absolute atomic E-state index is 12.6. The summed E-state index contributed by atoms with van der Waals surface area (Å²) in [6, 6.07) is 5.19. The van der Waals surface area contributed by atoms with Gasteiger partial charge in [-0.1, -0.05) is 12.1 Å². The van der Waals surface area contributed by atoms with Gasteiger partial charge in [-0.15, -0.1) is 0 Å². The first-order valence-corrected chi connectivity index (χ1v) is 6.83. The van der Waals surface area contributed by atoms with Crippen LogP contribution < -0.4 is 4.74 Å². The Morgan fingerprint density at radius 3 is 2.70 bits per heavy atom. The molecule has 2 bridgehead atoms. The third-order valence-electron chi connectivity index (χ3n) is 3.75. The van der Waals surface area contributed by atoms with Crippen LogP contribution >= 0.6 is 0 Å². The van der Waals surface area contributed by atoms with Crippen molar-refractivity contribution in [2.24, 2.45) is 0 Å². The molecule has 1 aromatic rings. The van der Waals surface area contributed by atoms with Gasteiger partial charge in [-0.25, -0.2) is 0 Å². The van der Waals surface area contributed by atoms with E-state index in [-0.39, 0.29) is 18.2 Å². The molecule has 0 N–H and O–H groups in total. The lowest BCUT2D eigenvalue weighted by molar-refractivity contribution is 0.0934. The monoisotopic (exact) mass is 272 g/mol. The molecule has 0 aromatic heterocycles. The van der Waals surface area contributed by atoms with Crippen LogP contribution in [0.4, 0.5) is 0 Å². The summed E-state index contributed by atoms with van der Waals surface area (Å²) in [6.45, 7) is 2.99. The normalized spacial score (nSPS) is 19.4. The Labute approximate surface area is 117 Å². The van der Waals surface area contributed by atoms with Crippen LogP contribution in [0, 0.1) is 0 Å². The molecular formula is C16H16O4. The van der Waals surface area contributed by atoms with E-state index in [0.717, 1.165) is 12.8 Å². The summed E-state index contributed by atoms with van der Waals surface area (Å²) in [5.74, 6) is 0.255. The average Bonchev–Trinajstić information content (AvgIpc) is 2.49. The minimum Gasteiger partial charge on any atom is -0.493 e. The van der Waals surface area contributed by atoms with Crippen molar-refractivity contribution in [2.75, 3.05) is 19.8 Å². The van der Waals surface area contributed by atoms with Gasteiger partial charge in [0.1, 0.15) is 5.75 Å². The first-order valence-electron chi connectivity index (χ1n) is 6.83. The van der Waals surface area contributed by atoms with Crippen molar-refractivity contribution in [2.45, 2.75) is 19.8 Å². The predicted octanol–water partition coefficient (Wildman–Crippen LogP) is 2.57. The van der Waals surface area contributed by atoms with Crippen LogP contribution in [0.15, 0.2) is 29.3 Å². The highest BCUT2D eigenvalue weighted by Gasteiger charge is 2.32. The Morgan fingerprint density at radius 1 is 1.05 bits per heavy atom. The zero-order valence-corrected chi connectivity index (χ0v) is 11.4. The highest BCUT2D eigenvalue weighted by molar-refractivity contribution is 6.27. The lowest BCUT2D eigenvalue weighted by Gasteiger charge is -2.20. The highest BCUT2D eigenvalue weighted by Crippen LogP contribution is 2.33. The third kappa shape index (κ3) is 2.06. The molecule has 0 radical (unpaired) electrons. The first kappa shape index (κ1) is 13.1. The van der Waals surface area contributed by atoms with Crippen LogP contribution in [0.3, 0.4) is 0 Å². The highest BCUT2D eigenvalue weighted by atomic mass is 16.5. The fraction of sp³-hybridized carbons (Fsp3) is 0.375. The molecule has 2 aliphatic rings. The number of ether oxygens (including phenoxy) is 2. The summed E-state index contributed by atoms with van der Waals surface area (Å²) in [4.78, 5) is 25.0. The molecule has 1 aromatic carbocycles. The second kappa shape index (κ2) is 5.21. The van der Waals surface area contributed by atoms with E-state index in [9.17, 15) is 9.59 Å². The molecule has 1 aliphatic heterocycles. The van der Waals surface area contributed by atoms with Crippen molar-refractivity contribution in [3.05, 3.63) is 40.5 Å². The number of hydrogen-bond acceptors (Lipinski definition) is 4. The Hall–Kier alpha value is -1.94. The van der Waals surface area contributed by atoms with Gasteiger partial charge in [-0.05, 0) is 25.8 Å². The molecule has 1 aliphatic carbocycles. The van der Waals surface area contributed by atoms with Crippen LogP contribution in [0.1, 0.15) is 40.5 Å². The number of rotatable bonds is 0.